The summed E-state index contributed by atoms with van der Waals surface area (Å²) >= 11 is 0. The fourth-order valence-corrected chi connectivity index (χ4v) is 7.40. The minimum Gasteiger partial charge on any atom is -0.229 e. The maximum Gasteiger partial charge on any atom is 0.171 e. The summed E-state index contributed by atoms with van der Waals surface area (Å²) in [5.74, 6) is 0.374. The molecule has 0 aromatic carbocycles. The van der Waals surface area contributed by atoms with Crippen molar-refractivity contribution >= 4 is 19.7 Å². The van der Waals surface area contributed by atoms with E-state index in [9.17, 15) is 16.8 Å². The molecule has 0 N–H and O–H groups in total. The number of unbranched alkanes of at least 4 members (excludes halogenated alkanes) is 2. The van der Waals surface area contributed by atoms with Crippen LogP contribution in [-0.2, 0) is 19.7 Å². The van der Waals surface area contributed by atoms with Gasteiger partial charge in [-0.15, -0.1) is 0 Å². The van der Waals surface area contributed by atoms with Gasteiger partial charge in [-0.3, -0.25) is 0 Å². The van der Waals surface area contributed by atoms with Gasteiger partial charge in [0, 0.05) is 11.3 Å². The largest absolute Gasteiger partial charge is 0.229 e. The molecule has 0 amide bonds. The fourth-order valence-electron chi connectivity index (χ4n) is 3.68. The molecular weight excluding hydrogens is 332 g/mol. The number of fused-ring (bicyclic) bond motifs is 2. The third-order valence-electron chi connectivity index (χ3n) is 4.93. The zero-order valence-electron chi connectivity index (χ0n) is 14.0. The third kappa shape index (κ3) is 4.47. The van der Waals surface area contributed by atoms with Crippen LogP contribution in [0, 0.1) is 17.8 Å². The minimum absolute atomic E-state index is 0.0508. The molecule has 0 radical (unpaired) electrons. The summed E-state index contributed by atoms with van der Waals surface area (Å²) in [7, 11) is -6.42. The summed E-state index contributed by atoms with van der Waals surface area (Å²) in [5, 5.41) is 0.825. The molecule has 1 fully saturated rings. The molecule has 0 unspecified atom stereocenters. The van der Waals surface area contributed by atoms with E-state index >= 15 is 0 Å². The lowest BCUT2D eigenvalue weighted by atomic mass is 9.93. The second-order valence-corrected chi connectivity index (χ2v) is 11.0. The second kappa shape index (κ2) is 7.51. The van der Waals surface area contributed by atoms with Crippen molar-refractivity contribution in [3.05, 3.63) is 23.6 Å². The van der Waals surface area contributed by atoms with Crippen molar-refractivity contribution in [3.63, 3.8) is 0 Å². The molecule has 2 bridgehead atoms. The maximum absolute atomic E-state index is 12.7. The van der Waals surface area contributed by atoms with E-state index in [-0.39, 0.29) is 29.3 Å². The maximum atomic E-state index is 12.7. The van der Waals surface area contributed by atoms with E-state index in [0.717, 1.165) is 19.3 Å². The Morgan fingerprint density at radius 3 is 2.22 bits per heavy atom. The van der Waals surface area contributed by atoms with Gasteiger partial charge in [0.1, 0.15) is 0 Å². The van der Waals surface area contributed by atoms with E-state index in [1.165, 1.54) is 5.41 Å². The number of allylic oxidation sites excluding steroid dienone is 3. The number of hydrogen-bond donors (Lipinski definition) is 0. The Kier molecular flexibility index (Phi) is 6.11. The Balaban J connectivity index is 2.18. The molecular formula is C17H28O4S2. The molecule has 23 heavy (non-hydrogen) atoms. The zero-order chi connectivity index (χ0) is 17.1. The normalized spacial score (nSPS) is 30.5. The lowest BCUT2D eigenvalue weighted by Crippen LogP contribution is -2.34. The SMILES string of the molecule is CCCCS(=O)(=O)/C=C\[C@H]1[C@H](S(=O)(=O)CCCC)[C@H]2C=C[C@H]1C2. The highest BCUT2D eigenvalue weighted by atomic mass is 32.2. The lowest BCUT2D eigenvalue weighted by molar-refractivity contribution is 0.513. The molecule has 0 spiro atoms. The molecule has 0 aromatic rings. The van der Waals surface area contributed by atoms with Gasteiger partial charge in [0.2, 0.25) is 0 Å². The van der Waals surface area contributed by atoms with Crippen LogP contribution >= 0.6 is 0 Å². The van der Waals surface area contributed by atoms with Crippen molar-refractivity contribution in [1.29, 1.82) is 0 Å². The van der Waals surface area contributed by atoms with Gasteiger partial charge in [-0.1, -0.05) is 44.9 Å². The van der Waals surface area contributed by atoms with Crippen molar-refractivity contribution < 1.29 is 16.8 Å². The monoisotopic (exact) mass is 360 g/mol. The first-order chi connectivity index (χ1) is 10.8. The topological polar surface area (TPSA) is 68.3 Å². The first-order valence-electron chi connectivity index (χ1n) is 8.61. The van der Waals surface area contributed by atoms with Crippen LogP contribution in [0.2, 0.25) is 0 Å². The van der Waals surface area contributed by atoms with Crippen LogP contribution in [0.25, 0.3) is 0 Å². The van der Waals surface area contributed by atoms with Gasteiger partial charge in [0.15, 0.2) is 19.7 Å². The fraction of sp³-hybridized carbons (Fsp3) is 0.765. The quantitative estimate of drug-likeness (QED) is 0.593. The summed E-state index contributed by atoms with van der Waals surface area (Å²) in [6, 6.07) is 0. The van der Waals surface area contributed by atoms with Crippen LogP contribution in [0.4, 0.5) is 0 Å². The highest BCUT2D eigenvalue weighted by molar-refractivity contribution is 7.94. The highest BCUT2D eigenvalue weighted by Gasteiger charge is 2.49. The van der Waals surface area contributed by atoms with Gasteiger partial charge < -0.3 is 0 Å². The van der Waals surface area contributed by atoms with Crippen molar-refractivity contribution in [3.8, 4) is 0 Å². The second-order valence-electron chi connectivity index (χ2n) is 6.76. The Morgan fingerprint density at radius 2 is 1.57 bits per heavy atom. The van der Waals surface area contributed by atoms with Crippen LogP contribution in [0.5, 0.6) is 0 Å². The van der Waals surface area contributed by atoms with Gasteiger partial charge in [0.05, 0.1) is 16.8 Å². The molecule has 4 nitrogen and oxygen atoms in total. The predicted molar refractivity (Wildman–Crippen MR) is 94.5 cm³/mol. The number of rotatable bonds is 9. The Labute approximate surface area is 140 Å². The van der Waals surface area contributed by atoms with Crippen LogP contribution in [0.1, 0.15) is 46.0 Å². The molecule has 2 aliphatic carbocycles. The average molecular weight is 361 g/mol. The van der Waals surface area contributed by atoms with Crippen molar-refractivity contribution in [2.45, 2.75) is 51.2 Å². The smallest absolute Gasteiger partial charge is 0.171 e. The van der Waals surface area contributed by atoms with Crippen LogP contribution in [-0.4, -0.2) is 33.6 Å². The van der Waals surface area contributed by atoms with E-state index in [2.05, 4.69) is 6.08 Å². The Bertz CT molecular complexity index is 659. The lowest BCUT2D eigenvalue weighted by Gasteiger charge is -2.25. The van der Waals surface area contributed by atoms with Crippen LogP contribution < -0.4 is 0 Å². The molecule has 6 heteroatoms. The van der Waals surface area contributed by atoms with Crippen LogP contribution in [0.3, 0.4) is 0 Å². The molecule has 2 aliphatic rings. The summed E-state index contributed by atoms with van der Waals surface area (Å²) < 4.78 is 49.4. The first kappa shape index (κ1) is 18.7. The average Bonchev–Trinajstić information content (AvgIpc) is 3.10. The summed E-state index contributed by atoms with van der Waals surface area (Å²) in [6.07, 6.45) is 9.55. The van der Waals surface area contributed by atoms with Crippen molar-refractivity contribution in [1.82, 2.24) is 0 Å². The molecule has 0 heterocycles. The molecule has 0 aliphatic heterocycles. The van der Waals surface area contributed by atoms with E-state index < -0.39 is 24.9 Å². The summed E-state index contributed by atoms with van der Waals surface area (Å²) in [6.45, 7) is 3.93. The molecule has 2 rings (SSSR count). The van der Waals surface area contributed by atoms with Gasteiger partial charge in [-0.2, -0.15) is 0 Å². The molecule has 0 saturated heterocycles. The Morgan fingerprint density at radius 1 is 0.957 bits per heavy atom. The van der Waals surface area contributed by atoms with Gasteiger partial charge in [0.25, 0.3) is 0 Å². The van der Waals surface area contributed by atoms with E-state index in [1.54, 1.807) is 6.08 Å². The van der Waals surface area contributed by atoms with E-state index in [4.69, 9.17) is 0 Å². The first-order valence-corrected chi connectivity index (χ1v) is 12.0. The predicted octanol–water partition coefficient (Wildman–Crippen LogP) is 3.12. The van der Waals surface area contributed by atoms with E-state index in [0.29, 0.717) is 12.8 Å². The molecule has 1 saturated carbocycles. The van der Waals surface area contributed by atoms with Gasteiger partial charge >= 0.3 is 0 Å². The molecule has 0 aromatic heterocycles. The summed E-state index contributed by atoms with van der Waals surface area (Å²) in [5.41, 5.74) is 0. The van der Waals surface area contributed by atoms with Crippen molar-refractivity contribution in [2.75, 3.05) is 11.5 Å². The van der Waals surface area contributed by atoms with E-state index in [1.807, 2.05) is 19.9 Å². The third-order valence-corrected chi connectivity index (χ3v) is 8.71. The van der Waals surface area contributed by atoms with Gasteiger partial charge in [-0.25, -0.2) is 16.8 Å². The summed E-state index contributed by atoms with van der Waals surface area (Å²) in [4.78, 5) is 0. The highest BCUT2D eigenvalue weighted by Crippen LogP contribution is 2.48. The van der Waals surface area contributed by atoms with Crippen molar-refractivity contribution in [2.24, 2.45) is 17.8 Å². The van der Waals surface area contributed by atoms with Crippen LogP contribution in [0.15, 0.2) is 23.6 Å². The minimum atomic E-state index is -3.23. The number of sulfone groups is 2. The zero-order valence-corrected chi connectivity index (χ0v) is 15.7. The standard InChI is InChI=1S/C17H28O4S2/c1-3-5-10-22(18,19)12-9-16-14-7-8-15(13-14)17(16)23(20,21)11-6-4-2/h7-9,12,14-17H,3-6,10-11,13H2,1-2H3/b12-9-/t14-,15-,16+,17+/m0/s1. The molecule has 4 atom stereocenters. The van der Waals surface area contributed by atoms with Gasteiger partial charge in [-0.05, 0) is 31.1 Å². The Hall–Kier alpha value is -0.620. The number of hydrogen-bond acceptors (Lipinski definition) is 4. The molecule has 132 valence electrons.